The van der Waals surface area contributed by atoms with E-state index in [4.69, 9.17) is 32.7 Å². The number of rotatable bonds is 12. The molecule has 0 heterocycles. The van der Waals surface area contributed by atoms with E-state index in [1.807, 2.05) is 25.1 Å². The molecule has 4 nitrogen and oxygen atoms in total. The lowest BCUT2D eigenvalue weighted by Gasteiger charge is -2.19. The Bertz CT molecular complexity index is 786. The number of hydrogen-bond donors (Lipinski definition) is 1. The van der Waals surface area contributed by atoms with Gasteiger partial charge in [0.05, 0.1) is 21.1 Å². The van der Waals surface area contributed by atoms with Gasteiger partial charge in [0.2, 0.25) is 0 Å². The minimum Gasteiger partial charge on any atom is -0.490 e. The Hall–Kier alpha value is -0.980. The maximum absolute atomic E-state index is 6.10. The van der Waals surface area contributed by atoms with E-state index in [9.17, 15) is 0 Å². The number of likely N-dealkylation sites (N-methyl/N-ethyl adjacent to an activating group) is 1. The first-order chi connectivity index (χ1) is 14.0. The van der Waals surface area contributed by atoms with Crippen molar-refractivity contribution in [2.45, 2.75) is 33.9 Å². The Balaban J connectivity index is 2.03. The van der Waals surface area contributed by atoms with Gasteiger partial charge in [0.15, 0.2) is 11.5 Å². The molecule has 1 N–H and O–H groups in total. The van der Waals surface area contributed by atoms with Gasteiger partial charge in [-0.15, -0.1) is 0 Å². The molecular formula is C22H29BrCl2N2O2. The number of nitrogens with zero attached hydrogens (tertiary/aromatic N) is 1. The Morgan fingerprint density at radius 2 is 1.72 bits per heavy atom. The highest BCUT2D eigenvalue weighted by atomic mass is 79.9. The Labute approximate surface area is 192 Å². The molecule has 0 saturated carbocycles. The molecular weight excluding hydrogens is 475 g/mol. The van der Waals surface area contributed by atoms with Crippen LogP contribution in [0.1, 0.15) is 31.9 Å². The Morgan fingerprint density at radius 3 is 2.38 bits per heavy atom. The fourth-order valence-electron chi connectivity index (χ4n) is 2.92. The highest BCUT2D eigenvalue weighted by molar-refractivity contribution is 9.10. The van der Waals surface area contributed by atoms with Gasteiger partial charge in [0.1, 0.15) is 6.61 Å². The van der Waals surface area contributed by atoms with Crippen molar-refractivity contribution in [3.8, 4) is 11.5 Å². The summed E-state index contributed by atoms with van der Waals surface area (Å²) < 4.78 is 12.7. The Morgan fingerprint density at radius 1 is 0.966 bits per heavy atom. The Kier molecular flexibility index (Phi) is 10.6. The summed E-state index contributed by atoms with van der Waals surface area (Å²) in [7, 11) is 0. The molecule has 29 heavy (non-hydrogen) atoms. The summed E-state index contributed by atoms with van der Waals surface area (Å²) in [6.07, 6.45) is 0. The maximum Gasteiger partial charge on any atom is 0.175 e. The van der Waals surface area contributed by atoms with Gasteiger partial charge < -0.3 is 19.7 Å². The van der Waals surface area contributed by atoms with E-state index in [1.165, 1.54) is 0 Å². The number of hydrogen-bond acceptors (Lipinski definition) is 4. The molecule has 2 rings (SSSR count). The molecule has 0 aliphatic rings. The highest BCUT2D eigenvalue weighted by Crippen LogP contribution is 2.37. The monoisotopic (exact) mass is 502 g/mol. The molecule has 0 radical (unpaired) electrons. The second kappa shape index (κ2) is 12.7. The molecule has 0 aliphatic heterocycles. The van der Waals surface area contributed by atoms with Crippen LogP contribution in [0.4, 0.5) is 0 Å². The van der Waals surface area contributed by atoms with Gasteiger partial charge >= 0.3 is 0 Å². The number of ether oxygens (including phenoxy) is 2. The second-order valence-electron chi connectivity index (χ2n) is 6.58. The quantitative estimate of drug-likeness (QED) is 0.351. The van der Waals surface area contributed by atoms with Crippen LogP contribution in [0.3, 0.4) is 0 Å². The molecule has 0 fully saturated rings. The van der Waals surface area contributed by atoms with Gasteiger partial charge in [-0.2, -0.15) is 0 Å². The number of nitrogens with one attached hydrogen (secondary N) is 1. The third-order valence-electron chi connectivity index (χ3n) is 4.56. The third kappa shape index (κ3) is 7.65. The molecule has 2 aromatic carbocycles. The molecule has 0 aromatic heterocycles. The van der Waals surface area contributed by atoms with Gasteiger partial charge in [0, 0.05) is 19.6 Å². The van der Waals surface area contributed by atoms with E-state index in [1.54, 1.807) is 6.07 Å². The van der Waals surface area contributed by atoms with Crippen LogP contribution in [0.2, 0.25) is 10.0 Å². The van der Waals surface area contributed by atoms with Crippen LogP contribution in [0.25, 0.3) is 0 Å². The van der Waals surface area contributed by atoms with Gasteiger partial charge in [-0.3, -0.25) is 0 Å². The van der Waals surface area contributed by atoms with Crippen molar-refractivity contribution in [1.82, 2.24) is 10.2 Å². The van der Waals surface area contributed by atoms with Crippen molar-refractivity contribution in [2.75, 3.05) is 32.8 Å². The summed E-state index contributed by atoms with van der Waals surface area (Å²) in [5.41, 5.74) is 2.08. The molecule has 0 atom stereocenters. The van der Waals surface area contributed by atoms with Crippen LogP contribution in [0, 0.1) is 0 Å². The molecule has 0 aliphatic carbocycles. The van der Waals surface area contributed by atoms with Gasteiger partial charge in [-0.05, 0) is 71.3 Å². The lowest BCUT2D eigenvalue weighted by Crippen LogP contribution is -2.31. The van der Waals surface area contributed by atoms with Crippen molar-refractivity contribution in [3.05, 3.63) is 56.0 Å². The molecule has 2 aromatic rings. The van der Waals surface area contributed by atoms with E-state index < -0.39 is 0 Å². The number of benzene rings is 2. The van der Waals surface area contributed by atoms with Crippen molar-refractivity contribution in [2.24, 2.45) is 0 Å². The van der Waals surface area contributed by atoms with Gasteiger partial charge in [-0.25, -0.2) is 0 Å². The fraction of sp³-hybridized carbons (Fsp3) is 0.455. The fourth-order valence-corrected chi connectivity index (χ4v) is 3.85. The van der Waals surface area contributed by atoms with Crippen LogP contribution < -0.4 is 14.8 Å². The SMILES string of the molecule is CCOc1cc(CNCCN(CC)CC)cc(Br)c1OCc1ccc(Cl)c(Cl)c1. The average molecular weight is 504 g/mol. The lowest BCUT2D eigenvalue weighted by atomic mass is 10.2. The standard InChI is InChI=1S/C22H29BrCl2N2O2/c1-4-27(5-2)10-9-26-14-17-11-18(23)22(21(13-17)28-6-3)29-15-16-7-8-19(24)20(25)12-16/h7-8,11-13,26H,4-6,9-10,14-15H2,1-3H3. The summed E-state index contributed by atoms with van der Waals surface area (Å²) >= 11 is 15.7. The molecule has 7 heteroatoms. The first-order valence-corrected chi connectivity index (χ1v) is 11.5. The smallest absolute Gasteiger partial charge is 0.175 e. The summed E-state index contributed by atoms with van der Waals surface area (Å²) in [4.78, 5) is 2.40. The molecule has 0 spiro atoms. The highest BCUT2D eigenvalue weighted by Gasteiger charge is 2.13. The first kappa shape index (κ1) is 24.3. The topological polar surface area (TPSA) is 33.7 Å². The van der Waals surface area contributed by atoms with E-state index in [0.717, 1.165) is 54.1 Å². The molecule has 160 valence electrons. The summed E-state index contributed by atoms with van der Waals surface area (Å²) in [6.45, 7) is 12.2. The van der Waals surface area contributed by atoms with E-state index in [-0.39, 0.29) is 0 Å². The van der Waals surface area contributed by atoms with Crippen molar-refractivity contribution in [3.63, 3.8) is 0 Å². The minimum absolute atomic E-state index is 0.372. The van der Waals surface area contributed by atoms with E-state index in [0.29, 0.717) is 29.0 Å². The van der Waals surface area contributed by atoms with Crippen LogP contribution in [-0.2, 0) is 13.2 Å². The van der Waals surface area contributed by atoms with Crippen molar-refractivity contribution < 1.29 is 9.47 Å². The average Bonchev–Trinajstić information content (AvgIpc) is 2.70. The predicted octanol–water partition coefficient (Wildman–Crippen LogP) is 6.17. The van der Waals surface area contributed by atoms with Crippen molar-refractivity contribution in [1.29, 1.82) is 0 Å². The first-order valence-electron chi connectivity index (χ1n) is 9.93. The van der Waals surface area contributed by atoms with Crippen LogP contribution in [0.5, 0.6) is 11.5 Å². The van der Waals surface area contributed by atoms with Crippen LogP contribution in [0.15, 0.2) is 34.8 Å². The van der Waals surface area contributed by atoms with Gasteiger partial charge in [-0.1, -0.05) is 43.1 Å². The van der Waals surface area contributed by atoms with E-state index >= 15 is 0 Å². The predicted molar refractivity (Wildman–Crippen MR) is 126 cm³/mol. The largest absolute Gasteiger partial charge is 0.490 e. The maximum atomic E-state index is 6.10. The van der Waals surface area contributed by atoms with E-state index in [2.05, 4.69) is 46.1 Å². The van der Waals surface area contributed by atoms with Crippen molar-refractivity contribution >= 4 is 39.1 Å². The third-order valence-corrected chi connectivity index (χ3v) is 5.89. The van der Waals surface area contributed by atoms with Crippen LogP contribution in [-0.4, -0.2) is 37.7 Å². The second-order valence-corrected chi connectivity index (χ2v) is 8.25. The molecule has 0 bridgehead atoms. The lowest BCUT2D eigenvalue weighted by molar-refractivity contribution is 0.267. The summed E-state index contributed by atoms with van der Waals surface area (Å²) in [5, 5.41) is 4.55. The summed E-state index contributed by atoms with van der Waals surface area (Å²) in [6, 6.07) is 9.58. The zero-order chi connectivity index (χ0) is 21.2. The van der Waals surface area contributed by atoms with Gasteiger partial charge in [0.25, 0.3) is 0 Å². The molecule has 0 unspecified atom stereocenters. The normalized spacial score (nSPS) is 11.1. The van der Waals surface area contributed by atoms with Crippen LogP contribution >= 0.6 is 39.1 Å². The zero-order valence-corrected chi connectivity index (χ0v) is 20.3. The summed E-state index contributed by atoms with van der Waals surface area (Å²) in [5.74, 6) is 1.41. The zero-order valence-electron chi connectivity index (χ0n) is 17.2. The molecule has 0 amide bonds. The molecule has 0 saturated heterocycles. The minimum atomic E-state index is 0.372. The number of halogens is 3.